The first-order valence-corrected chi connectivity index (χ1v) is 7.24. The van der Waals surface area contributed by atoms with E-state index in [9.17, 15) is 0 Å². The van der Waals surface area contributed by atoms with E-state index >= 15 is 0 Å². The van der Waals surface area contributed by atoms with Gasteiger partial charge in [-0.1, -0.05) is 19.1 Å². The maximum Gasteiger partial charge on any atom is 0.119 e. The van der Waals surface area contributed by atoms with Crippen molar-refractivity contribution in [2.24, 2.45) is 0 Å². The van der Waals surface area contributed by atoms with Crippen molar-refractivity contribution < 1.29 is 9.47 Å². The molecule has 1 heterocycles. The van der Waals surface area contributed by atoms with Gasteiger partial charge in [0.15, 0.2) is 0 Å². The van der Waals surface area contributed by atoms with Gasteiger partial charge in [-0.05, 0) is 43.5 Å². The molecule has 0 radical (unpaired) electrons. The van der Waals surface area contributed by atoms with Crippen molar-refractivity contribution in [2.45, 2.75) is 31.6 Å². The molecule has 0 aromatic heterocycles. The van der Waals surface area contributed by atoms with Gasteiger partial charge >= 0.3 is 0 Å². The summed E-state index contributed by atoms with van der Waals surface area (Å²) in [5.41, 5.74) is 1.57. The van der Waals surface area contributed by atoms with Crippen LogP contribution < -0.4 is 10.1 Å². The second-order valence-electron chi connectivity index (χ2n) is 5.30. The van der Waals surface area contributed by atoms with Crippen LogP contribution in [0.3, 0.4) is 0 Å². The van der Waals surface area contributed by atoms with Gasteiger partial charge in [-0.25, -0.2) is 0 Å². The Labute approximate surface area is 116 Å². The molecule has 0 spiro atoms. The maximum absolute atomic E-state index is 5.55. The molecule has 0 unspecified atom stereocenters. The van der Waals surface area contributed by atoms with Crippen molar-refractivity contribution in [1.29, 1.82) is 0 Å². The molecule has 106 valence electrons. The van der Waals surface area contributed by atoms with E-state index in [0.29, 0.717) is 0 Å². The Kier molecular flexibility index (Phi) is 5.23. The van der Waals surface area contributed by atoms with Crippen LogP contribution in [0.25, 0.3) is 0 Å². The van der Waals surface area contributed by atoms with Gasteiger partial charge in [-0.15, -0.1) is 0 Å². The Morgan fingerprint density at radius 1 is 1.32 bits per heavy atom. The lowest BCUT2D eigenvalue weighted by Crippen LogP contribution is -2.43. The molecule has 1 aliphatic rings. The van der Waals surface area contributed by atoms with E-state index in [4.69, 9.17) is 9.47 Å². The molecular weight excluding hydrogens is 238 g/mol. The van der Waals surface area contributed by atoms with E-state index < -0.39 is 0 Å². The molecular formula is C16H25NO2. The Morgan fingerprint density at radius 2 is 2.11 bits per heavy atom. The van der Waals surface area contributed by atoms with Gasteiger partial charge in [-0.3, -0.25) is 0 Å². The van der Waals surface area contributed by atoms with Crippen LogP contribution in [-0.2, 0) is 10.2 Å². The zero-order valence-corrected chi connectivity index (χ0v) is 12.1. The van der Waals surface area contributed by atoms with Crippen molar-refractivity contribution >= 4 is 0 Å². The Bertz CT molecular complexity index is 386. The van der Waals surface area contributed by atoms with Gasteiger partial charge in [0, 0.05) is 25.2 Å². The quantitative estimate of drug-likeness (QED) is 0.801. The standard InChI is InChI=1S/C16H25NO2/c1-3-9-17-13-16(7-10-19-11-8-16)14-5-4-6-15(12-14)18-2/h4-6,12,17H,3,7-11,13H2,1-2H3. The normalized spacial score (nSPS) is 18.2. The van der Waals surface area contributed by atoms with Gasteiger partial charge in [0.2, 0.25) is 0 Å². The Morgan fingerprint density at radius 3 is 2.79 bits per heavy atom. The van der Waals surface area contributed by atoms with Crippen LogP contribution in [0.2, 0.25) is 0 Å². The van der Waals surface area contributed by atoms with Crippen LogP contribution in [0.4, 0.5) is 0 Å². The molecule has 1 N–H and O–H groups in total. The first-order chi connectivity index (χ1) is 9.30. The van der Waals surface area contributed by atoms with E-state index in [-0.39, 0.29) is 5.41 Å². The van der Waals surface area contributed by atoms with E-state index in [1.165, 1.54) is 12.0 Å². The summed E-state index contributed by atoms with van der Waals surface area (Å²) in [6.45, 7) is 6.01. The number of methoxy groups -OCH3 is 1. The van der Waals surface area contributed by atoms with Crippen molar-refractivity contribution in [3.05, 3.63) is 29.8 Å². The SMILES string of the molecule is CCCNCC1(c2cccc(OC)c2)CCOCC1. The lowest BCUT2D eigenvalue weighted by molar-refractivity contribution is 0.0499. The molecule has 0 bridgehead atoms. The van der Waals surface area contributed by atoms with Crippen molar-refractivity contribution in [1.82, 2.24) is 5.32 Å². The predicted octanol–water partition coefficient (Wildman–Crippen LogP) is 2.74. The van der Waals surface area contributed by atoms with Crippen LogP contribution in [0.1, 0.15) is 31.7 Å². The summed E-state index contributed by atoms with van der Waals surface area (Å²) in [6, 6.07) is 8.50. The molecule has 0 amide bonds. The summed E-state index contributed by atoms with van der Waals surface area (Å²) in [6.07, 6.45) is 3.33. The van der Waals surface area contributed by atoms with Crippen LogP contribution in [0, 0.1) is 0 Å². The average molecular weight is 263 g/mol. The summed E-state index contributed by atoms with van der Waals surface area (Å²) in [7, 11) is 1.73. The first-order valence-electron chi connectivity index (χ1n) is 7.24. The lowest BCUT2D eigenvalue weighted by Gasteiger charge is -2.38. The highest BCUT2D eigenvalue weighted by Crippen LogP contribution is 2.35. The largest absolute Gasteiger partial charge is 0.497 e. The predicted molar refractivity (Wildman–Crippen MR) is 77.9 cm³/mol. The summed E-state index contributed by atoms with van der Waals surface area (Å²) < 4.78 is 10.9. The third-order valence-corrected chi connectivity index (χ3v) is 4.02. The molecule has 19 heavy (non-hydrogen) atoms. The van der Waals surface area contributed by atoms with Crippen molar-refractivity contribution in [3.63, 3.8) is 0 Å². The first kappa shape index (κ1) is 14.4. The van der Waals surface area contributed by atoms with Crippen LogP contribution in [0.5, 0.6) is 5.75 Å². The van der Waals surface area contributed by atoms with Crippen LogP contribution in [0.15, 0.2) is 24.3 Å². The summed E-state index contributed by atoms with van der Waals surface area (Å²) in [4.78, 5) is 0. The second kappa shape index (κ2) is 6.92. The van der Waals surface area contributed by atoms with E-state index in [1.54, 1.807) is 7.11 Å². The number of benzene rings is 1. The monoisotopic (exact) mass is 263 g/mol. The highest BCUT2D eigenvalue weighted by atomic mass is 16.5. The molecule has 0 aliphatic carbocycles. The molecule has 2 rings (SSSR count). The highest BCUT2D eigenvalue weighted by Gasteiger charge is 2.34. The van der Waals surface area contributed by atoms with E-state index in [1.807, 2.05) is 6.07 Å². The molecule has 1 aliphatic heterocycles. The Balaban J connectivity index is 2.19. The average Bonchev–Trinajstić information content (AvgIpc) is 2.48. The van der Waals surface area contributed by atoms with Crippen molar-refractivity contribution in [3.8, 4) is 5.75 Å². The number of hydrogen-bond donors (Lipinski definition) is 1. The van der Waals surface area contributed by atoms with E-state index in [0.717, 1.165) is 44.9 Å². The molecule has 0 saturated carbocycles. The third kappa shape index (κ3) is 3.48. The van der Waals surface area contributed by atoms with Gasteiger partial charge in [0.25, 0.3) is 0 Å². The molecule has 0 atom stereocenters. The fourth-order valence-electron chi connectivity index (χ4n) is 2.79. The second-order valence-corrected chi connectivity index (χ2v) is 5.30. The topological polar surface area (TPSA) is 30.5 Å². The minimum Gasteiger partial charge on any atom is -0.497 e. The fourth-order valence-corrected chi connectivity index (χ4v) is 2.79. The van der Waals surface area contributed by atoms with Crippen LogP contribution >= 0.6 is 0 Å². The molecule has 1 aromatic carbocycles. The van der Waals surface area contributed by atoms with Gasteiger partial charge < -0.3 is 14.8 Å². The zero-order chi connectivity index (χ0) is 13.6. The molecule has 1 fully saturated rings. The minimum absolute atomic E-state index is 0.196. The van der Waals surface area contributed by atoms with Gasteiger partial charge in [-0.2, -0.15) is 0 Å². The van der Waals surface area contributed by atoms with Crippen molar-refractivity contribution in [2.75, 3.05) is 33.4 Å². The van der Waals surface area contributed by atoms with Gasteiger partial charge in [0.1, 0.15) is 5.75 Å². The number of nitrogens with one attached hydrogen (secondary N) is 1. The molecule has 1 saturated heterocycles. The summed E-state index contributed by atoms with van der Waals surface area (Å²) in [5, 5.41) is 3.59. The third-order valence-electron chi connectivity index (χ3n) is 4.02. The van der Waals surface area contributed by atoms with Crippen LogP contribution in [-0.4, -0.2) is 33.4 Å². The number of hydrogen-bond acceptors (Lipinski definition) is 3. The summed E-state index contributed by atoms with van der Waals surface area (Å²) >= 11 is 0. The number of ether oxygens (including phenoxy) is 2. The number of rotatable bonds is 6. The van der Waals surface area contributed by atoms with Gasteiger partial charge in [0.05, 0.1) is 7.11 Å². The zero-order valence-electron chi connectivity index (χ0n) is 12.1. The van der Waals surface area contributed by atoms with E-state index in [2.05, 4.69) is 30.4 Å². The highest BCUT2D eigenvalue weighted by molar-refractivity contribution is 5.34. The summed E-state index contributed by atoms with van der Waals surface area (Å²) in [5.74, 6) is 0.943. The maximum atomic E-state index is 5.55. The lowest BCUT2D eigenvalue weighted by atomic mass is 9.74. The molecule has 1 aromatic rings. The molecule has 3 heteroatoms. The minimum atomic E-state index is 0.196. The molecule has 3 nitrogen and oxygen atoms in total. The smallest absolute Gasteiger partial charge is 0.119 e. The Hall–Kier alpha value is -1.06. The fraction of sp³-hybridized carbons (Fsp3) is 0.625.